The Labute approximate surface area is 99.6 Å². The lowest BCUT2D eigenvalue weighted by atomic mass is 10.1. The summed E-state index contributed by atoms with van der Waals surface area (Å²) in [5, 5.41) is 3.43. The number of hydrogen-bond donors (Lipinski definition) is 2. The van der Waals surface area contributed by atoms with Crippen molar-refractivity contribution in [3.63, 3.8) is 0 Å². The van der Waals surface area contributed by atoms with Crippen molar-refractivity contribution in [1.82, 2.24) is 10.3 Å². The Morgan fingerprint density at radius 1 is 1.47 bits per heavy atom. The van der Waals surface area contributed by atoms with Crippen LogP contribution in [0.1, 0.15) is 25.5 Å². The topological polar surface area (TPSA) is 50.9 Å². The lowest BCUT2D eigenvalue weighted by Crippen LogP contribution is -2.31. The van der Waals surface area contributed by atoms with Crippen LogP contribution in [0.5, 0.6) is 0 Å². The third-order valence-corrected chi connectivity index (χ3v) is 2.57. The molecule has 0 bridgehead atoms. The Kier molecular flexibility index (Phi) is 5.22. The Morgan fingerprint density at radius 3 is 2.73 bits per heavy atom. The lowest BCUT2D eigenvalue weighted by Gasteiger charge is -2.18. The molecule has 0 fully saturated rings. The highest BCUT2D eigenvalue weighted by Crippen LogP contribution is 2.16. The monoisotopic (exact) mass is 271 g/mol. The number of halogens is 1. The average Bonchev–Trinajstić information content (AvgIpc) is 2.18. The SMILES string of the molecule is CC(C)CNC(CN)c1cncc(Br)c1. The molecule has 1 rings (SSSR count). The quantitative estimate of drug-likeness (QED) is 0.863. The normalized spacial score (nSPS) is 13.1. The molecule has 1 aromatic rings. The summed E-state index contributed by atoms with van der Waals surface area (Å²) in [6.07, 6.45) is 3.63. The summed E-state index contributed by atoms with van der Waals surface area (Å²) in [7, 11) is 0. The fourth-order valence-electron chi connectivity index (χ4n) is 1.33. The Bertz CT molecular complexity index is 302. The zero-order chi connectivity index (χ0) is 11.3. The number of nitrogens with zero attached hydrogens (tertiary/aromatic N) is 1. The Morgan fingerprint density at radius 2 is 2.20 bits per heavy atom. The molecule has 84 valence electrons. The third-order valence-electron chi connectivity index (χ3n) is 2.14. The smallest absolute Gasteiger partial charge is 0.0460 e. The minimum absolute atomic E-state index is 0.192. The van der Waals surface area contributed by atoms with Gasteiger partial charge in [0.15, 0.2) is 0 Å². The lowest BCUT2D eigenvalue weighted by molar-refractivity contribution is 0.478. The van der Waals surface area contributed by atoms with Crippen LogP contribution in [0.25, 0.3) is 0 Å². The van der Waals surface area contributed by atoms with Gasteiger partial charge in [-0.3, -0.25) is 4.98 Å². The second-order valence-electron chi connectivity index (χ2n) is 4.03. The summed E-state index contributed by atoms with van der Waals surface area (Å²) in [4.78, 5) is 4.14. The first-order valence-corrected chi connectivity index (χ1v) is 5.96. The van der Waals surface area contributed by atoms with Crippen LogP contribution in [-0.2, 0) is 0 Å². The van der Waals surface area contributed by atoms with Crippen LogP contribution >= 0.6 is 15.9 Å². The van der Waals surface area contributed by atoms with Crippen molar-refractivity contribution in [3.8, 4) is 0 Å². The van der Waals surface area contributed by atoms with E-state index in [0.717, 1.165) is 16.6 Å². The van der Waals surface area contributed by atoms with E-state index in [-0.39, 0.29) is 6.04 Å². The van der Waals surface area contributed by atoms with Crippen LogP contribution in [0, 0.1) is 5.92 Å². The average molecular weight is 272 g/mol. The van der Waals surface area contributed by atoms with Crippen molar-refractivity contribution in [2.75, 3.05) is 13.1 Å². The molecule has 1 unspecified atom stereocenters. The van der Waals surface area contributed by atoms with Crippen LogP contribution < -0.4 is 11.1 Å². The fourth-order valence-corrected chi connectivity index (χ4v) is 1.72. The van der Waals surface area contributed by atoms with Crippen LogP contribution in [0.15, 0.2) is 22.9 Å². The van der Waals surface area contributed by atoms with E-state index in [4.69, 9.17) is 5.73 Å². The second kappa shape index (κ2) is 6.20. The van der Waals surface area contributed by atoms with Gasteiger partial charge in [-0.05, 0) is 40.0 Å². The highest BCUT2D eigenvalue weighted by molar-refractivity contribution is 9.10. The predicted molar refractivity (Wildman–Crippen MR) is 66.6 cm³/mol. The summed E-state index contributed by atoms with van der Waals surface area (Å²) in [6, 6.07) is 2.25. The molecule has 0 saturated heterocycles. The number of nitrogens with one attached hydrogen (secondary N) is 1. The van der Waals surface area contributed by atoms with Crippen LogP contribution in [0.2, 0.25) is 0 Å². The largest absolute Gasteiger partial charge is 0.329 e. The molecular weight excluding hydrogens is 254 g/mol. The summed E-state index contributed by atoms with van der Waals surface area (Å²) in [6.45, 7) is 5.92. The minimum Gasteiger partial charge on any atom is -0.329 e. The van der Waals surface area contributed by atoms with E-state index >= 15 is 0 Å². The van der Waals surface area contributed by atoms with Gasteiger partial charge < -0.3 is 11.1 Å². The van der Waals surface area contributed by atoms with Crippen LogP contribution in [0.4, 0.5) is 0 Å². The number of rotatable bonds is 5. The molecule has 1 heterocycles. The highest BCUT2D eigenvalue weighted by Gasteiger charge is 2.09. The van der Waals surface area contributed by atoms with Crippen molar-refractivity contribution in [2.45, 2.75) is 19.9 Å². The predicted octanol–water partition coefficient (Wildman–Crippen LogP) is 2.09. The van der Waals surface area contributed by atoms with Crippen molar-refractivity contribution in [2.24, 2.45) is 11.7 Å². The molecule has 3 N–H and O–H groups in total. The van der Waals surface area contributed by atoms with E-state index < -0.39 is 0 Å². The van der Waals surface area contributed by atoms with Gasteiger partial charge in [-0.1, -0.05) is 13.8 Å². The molecule has 0 amide bonds. The van der Waals surface area contributed by atoms with E-state index in [9.17, 15) is 0 Å². The fraction of sp³-hybridized carbons (Fsp3) is 0.545. The molecule has 3 nitrogen and oxygen atoms in total. The molecule has 0 spiro atoms. The van der Waals surface area contributed by atoms with Gasteiger partial charge in [-0.2, -0.15) is 0 Å². The second-order valence-corrected chi connectivity index (χ2v) is 4.94. The zero-order valence-electron chi connectivity index (χ0n) is 9.20. The highest BCUT2D eigenvalue weighted by atomic mass is 79.9. The molecule has 4 heteroatoms. The first kappa shape index (κ1) is 12.6. The van der Waals surface area contributed by atoms with Gasteiger partial charge in [0.1, 0.15) is 0 Å². The number of nitrogens with two attached hydrogens (primary N) is 1. The molecule has 0 aliphatic carbocycles. The maximum absolute atomic E-state index is 5.74. The van der Waals surface area contributed by atoms with Crippen molar-refractivity contribution >= 4 is 15.9 Å². The molecule has 0 aliphatic rings. The molecule has 1 atom stereocenters. The van der Waals surface area contributed by atoms with Gasteiger partial charge in [0, 0.05) is 29.5 Å². The van der Waals surface area contributed by atoms with E-state index in [1.54, 1.807) is 6.20 Å². The minimum atomic E-state index is 0.192. The molecule has 0 saturated carbocycles. The van der Waals surface area contributed by atoms with Gasteiger partial charge in [-0.15, -0.1) is 0 Å². The molecule has 15 heavy (non-hydrogen) atoms. The van der Waals surface area contributed by atoms with E-state index in [0.29, 0.717) is 12.5 Å². The molecule has 0 radical (unpaired) electrons. The van der Waals surface area contributed by atoms with Gasteiger partial charge >= 0.3 is 0 Å². The first-order chi connectivity index (χ1) is 7.13. The molecule has 0 aromatic carbocycles. The van der Waals surface area contributed by atoms with E-state index in [2.05, 4.69) is 46.1 Å². The summed E-state index contributed by atoms with van der Waals surface area (Å²) < 4.78 is 0.991. The van der Waals surface area contributed by atoms with Crippen molar-refractivity contribution in [3.05, 3.63) is 28.5 Å². The van der Waals surface area contributed by atoms with Crippen LogP contribution in [-0.4, -0.2) is 18.1 Å². The van der Waals surface area contributed by atoms with E-state index in [1.807, 2.05) is 6.20 Å². The van der Waals surface area contributed by atoms with Crippen molar-refractivity contribution in [1.29, 1.82) is 0 Å². The molecule has 0 aliphatic heterocycles. The van der Waals surface area contributed by atoms with Gasteiger partial charge in [-0.25, -0.2) is 0 Å². The van der Waals surface area contributed by atoms with Crippen molar-refractivity contribution < 1.29 is 0 Å². The molecule has 1 aromatic heterocycles. The Balaban J connectivity index is 2.65. The molecular formula is C11H18BrN3. The van der Waals surface area contributed by atoms with Gasteiger partial charge in [0.05, 0.1) is 0 Å². The maximum atomic E-state index is 5.74. The van der Waals surface area contributed by atoms with Crippen LogP contribution in [0.3, 0.4) is 0 Å². The Hall–Kier alpha value is -0.450. The zero-order valence-corrected chi connectivity index (χ0v) is 10.8. The summed E-state index contributed by atoms with van der Waals surface area (Å²) >= 11 is 3.41. The maximum Gasteiger partial charge on any atom is 0.0460 e. The van der Waals surface area contributed by atoms with E-state index in [1.165, 1.54) is 0 Å². The first-order valence-electron chi connectivity index (χ1n) is 5.17. The third kappa shape index (κ3) is 4.28. The summed E-state index contributed by atoms with van der Waals surface area (Å²) in [5.41, 5.74) is 6.87. The standard InChI is InChI=1S/C11H18BrN3/c1-8(2)5-15-11(4-13)9-3-10(12)7-14-6-9/h3,6-8,11,15H,4-5,13H2,1-2H3. The number of hydrogen-bond acceptors (Lipinski definition) is 3. The number of aromatic nitrogens is 1. The number of pyridine rings is 1. The summed E-state index contributed by atoms with van der Waals surface area (Å²) in [5.74, 6) is 0.624. The van der Waals surface area contributed by atoms with Gasteiger partial charge in [0.25, 0.3) is 0 Å². The van der Waals surface area contributed by atoms with Gasteiger partial charge in [0.2, 0.25) is 0 Å².